The van der Waals surface area contributed by atoms with Crippen molar-refractivity contribution in [3.8, 4) is 5.75 Å². The Balaban J connectivity index is 2.20. The van der Waals surface area contributed by atoms with Gasteiger partial charge in [0.15, 0.2) is 0 Å². The van der Waals surface area contributed by atoms with Gasteiger partial charge in [-0.2, -0.15) is 0 Å². The van der Waals surface area contributed by atoms with Gasteiger partial charge in [0.2, 0.25) is 0 Å². The molecule has 1 heterocycles. The van der Waals surface area contributed by atoms with Crippen LogP contribution in [0.2, 0.25) is 13.3 Å². The van der Waals surface area contributed by atoms with Gasteiger partial charge in [-0.15, -0.1) is 0 Å². The first kappa shape index (κ1) is 28.2. The molecule has 1 aliphatic heterocycles. The number of carboxylic acids is 1. The Kier molecular flexibility index (Phi) is 13.5. The second-order valence-corrected chi connectivity index (χ2v) is 22.7. The van der Waals surface area contributed by atoms with Crippen molar-refractivity contribution >= 4 is 24.3 Å². The van der Waals surface area contributed by atoms with Crippen LogP contribution in [0.15, 0.2) is 34.4 Å². The number of unbranched alkanes of at least 4 members (excludes halogenated alkanes) is 3. The molecule has 2 rings (SSSR count). The van der Waals surface area contributed by atoms with Gasteiger partial charge in [-0.25, -0.2) is 0 Å². The predicted octanol–water partition coefficient (Wildman–Crippen LogP) is 8.09. The first-order chi connectivity index (χ1) is 16.0. The maximum atomic E-state index is 11.7. The summed E-state index contributed by atoms with van der Waals surface area (Å²) in [6, 6.07) is 8.02. The van der Waals surface area contributed by atoms with Crippen LogP contribution in [-0.4, -0.2) is 42.3 Å². The number of hydrogen-bond donors (Lipinski definition) is 1. The molecule has 0 radical (unpaired) electrons. The van der Waals surface area contributed by atoms with E-state index in [1.807, 2.05) is 24.3 Å². The third kappa shape index (κ3) is 10.4. The average Bonchev–Trinajstić information content (AvgIpc) is 2.83. The van der Waals surface area contributed by atoms with E-state index in [0.29, 0.717) is 0 Å². The first-order valence-electron chi connectivity index (χ1n) is 13.3. The van der Waals surface area contributed by atoms with Crippen LogP contribution in [0.3, 0.4) is 0 Å². The predicted molar refractivity (Wildman–Crippen MR) is 140 cm³/mol. The number of hydrogen-bond acceptors (Lipinski definition) is 3. The molecule has 1 aliphatic rings. The normalized spacial score (nSPS) is 17.8. The number of allylic oxidation sites excluding steroid dienone is 1. The number of carboxylic acid groups (broad SMARTS) is 1. The molecule has 0 amide bonds. The number of carbonyl (C=O) groups is 1. The van der Waals surface area contributed by atoms with Crippen LogP contribution >= 0.6 is 0 Å². The number of ether oxygens (including phenoxy) is 2. The van der Waals surface area contributed by atoms with Crippen molar-refractivity contribution in [3.05, 3.63) is 40.0 Å². The van der Waals surface area contributed by atoms with Crippen LogP contribution < -0.4 is 4.74 Å². The molecule has 0 bridgehead atoms. The monoisotopic (exact) mass is 566 g/mol. The van der Waals surface area contributed by atoms with Gasteiger partial charge in [-0.3, -0.25) is 0 Å². The molecule has 2 atom stereocenters. The zero-order valence-electron chi connectivity index (χ0n) is 21.2. The zero-order valence-corrected chi connectivity index (χ0v) is 24.0. The fourth-order valence-electron chi connectivity index (χ4n) is 4.77. The van der Waals surface area contributed by atoms with Crippen LogP contribution in [0.4, 0.5) is 0 Å². The molecule has 4 nitrogen and oxygen atoms in total. The fraction of sp³-hybridized carbons (Fsp3) is 0.679. The fourth-order valence-corrected chi connectivity index (χ4v) is 19.2. The molecule has 186 valence electrons. The van der Waals surface area contributed by atoms with Crippen LogP contribution in [0, 0.1) is 0 Å². The first-order valence-corrected chi connectivity index (χ1v) is 21.0. The van der Waals surface area contributed by atoms with Crippen molar-refractivity contribution in [2.75, 3.05) is 6.61 Å². The Bertz CT molecular complexity index is 673. The third-order valence-corrected chi connectivity index (χ3v) is 21.0. The summed E-state index contributed by atoms with van der Waals surface area (Å²) in [5, 5.41) is 9.61. The molecule has 0 saturated carbocycles. The van der Waals surface area contributed by atoms with Gasteiger partial charge in [0.25, 0.3) is 0 Å². The number of benzene rings is 1. The molecule has 1 unspecified atom stereocenters. The van der Waals surface area contributed by atoms with Gasteiger partial charge in [0.1, 0.15) is 0 Å². The Morgan fingerprint density at radius 2 is 1.67 bits per heavy atom. The van der Waals surface area contributed by atoms with Gasteiger partial charge in [0, 0.05) is 0 Å². The van der Waals surface area contributed by atoms with E-state index in [1.54, 1.807) is 0 Å². The Labute approximate surface area is 206 Å². The van der Waals surface area contributed by atoms with E-state index >= 15 is 0 Å². The zero-order chi connectivity index (χ0) is 23.9. The average molecular weight is 565 g/mol. The molecule has 5 heteroatoms. The summed E-state index contributed by atoms with van der Waals surface area (Å²) in [4.78, 5) is 11.7. The van der Waals surface area contributed by atoms with E-state index in [0.717, 1.165) is 37.2 Å². The summed E-state index contributed by atoms with van der Waals surface area (Å²) < 4.78 is 18.4. The van der Waals surface area contributed by atoms with E-state index < -0.39 is 24.3 Å². The second-order valence-electron chi connectivity index (χ2n) is 9.72. The van der Waals surface area contributed by atoms with E-state index in [4.69, 9.17) is 9.47 Å². The molecule has 1 fully saturated rings. The summed E-state index contributed by atoms with van der Waals surface area (Å²) in [6.07, 6.45) is 13.1. The molecule has 1 aromatic rings. The van der Waals surface area contributed by atoms with Crippen molar-refractivity contribution in [1.82, 2.24) is 0 Å². The van der Waals surface area contributed by atoms with Crippen molar-refractivity contribution in [2.24, 2.45) is 0 Å². The molecule has 33 heavy (non-hydrogen) atoms. The van der Waals surface area contributed by atoms with Crippen LogP contribution in [-0.2, 0) is 9.53 Å². The summed E-state index contributed by atoms with van der Waals surface area (Å²) >= 11 is -2.45. The Morgan fingerprint density at radius 3 is 2.15 bits per heavy atom. The van der Waals surface area contributed by atoms with E-state index in [2.05, 4.69) is 30.9 Å². The van der Waals surface area contributed by atoms with Gasteiger partial charge >= 0.3 is 207 Å². The van der Waals surface area contributed by atoms with Gasteiger partial charge in [-0.1, -0.05) is 0 Å². The Morgan fingerprint density at radius 1 is 1.06 bits per heavy atom. The maximum absolute atomic E-state index is 11.7. The summed E-state index contributed by atoms with van der Waals surface area (Å²) in [5.41, 5.74) is 1.06. The SMILES string of the molecule is CCC[CH2][Sn](/[CH]=C/[C@H](CC(=O)O)c1ccc(OC2CCCCO2)cc1)([CH2]CCC)[CH2]CCC. The summed E-state index contributed by atoms with van der Waals surface area (Å²) in [6.45, 7) is 7.62. The topological polar surface area (TPSA) is 55.8 Å². The molecular weight excluding hydrogens is 519 g/mol. The summed E-state index contributed by atoms with van der Waals surface area (Å²) in [5.74, 6) is -0.0217. The van der Waals surface area contributed by atoms with Gasteiger partial charge in [0.05, 0.1) is 0 Å². The van der Waals surface area contributed by atoms with E-state index in [1.165, 1.54) is 51.8 Å². The Hall–Kier alpha value is -1.01. The number of aliphatic carboxylic acids is 1. The van der Waals surface area contributed by atoms with Crippen LogP contribution in [0.1, 0.15) is 96.5 Å². The molecule has 1 saturated heterocycles. The van der Waals surface area contributed by atoms with Gasteiger partial charge < -0.3 is 0 Å². The molecule has 0 aliphatic carbocycles. The molecule has 1 aromatic carbocycles. The van der Waals surface area contributed by atoms with Crippen molar-refractivity contribution in [2.45, 2.75) is 110 Å². The number of rotatable bonds is 16. The third-order valence-electron chi connectivity index (χ3n) is 6.87. The molecule has 1 N–H and O–H groups in total. The minimum atomic E-state index is -2.45. The molecule has 0 aromatic heterocycles. The van der Waals surface area contributed by atoms with Crippen LogP contribution in [0.25, 0.3) is 0 Å². The van der Waals surface area contributed by atoms with E-state index in [-0.39, 0.29) is 18.6 Å². The van der Waals surface area contributed by atoms with Gasteiger partial charge in [-0.05, 0) is 0 Å². The van der Waals surface area contributed by atoms with Crippen molar-refractivity contribution in [1.29, 1.82) is 0 Å². The van der Waals surface area contributed by atoms with E-state index in [9.17, 15) is 9.90 Å². The summed E-state index contributed by atoms with van der Waals surface area (Å²) in [7, 11) is 0. The molecule has 0 spiro atoms. The van der Waals surface area contributed by atoms with Crippen molar-refractivity contribution < 1.29 is 19.4 Å². The quantitative estimate of drug-likeness (QED) is 0.206. The van der Waals surface area contributed by atoms with Crippen molar-refractivity contribution in [3.63, 3.8) is 0 Å². The molecular formula is C28H46O4Sn. The van der Waals surface area contributed by atoms with Crippen LogP contribution in [0.5, 0.6) is 5.75 Å². The standard InChI is InChI=1S/C16H19O4.3C4H9.Sn/c1-2-12(11-15(17)18)13-6-8-14(9-7-13)20-16-5-3-4-10-19-16;3*1-3-4-2;/h1-2,6-9,12,16H,3-5,10-11H2,(H,17,18);3*1,3-4H2,2H3;/t12-,16?;;;;/m1..../s1. The second kappa shape index (κ2) is 15.8. The minimum absolute atomic E-state index is 0.0802.